The van der Waals surface area contributed by atoms with Gasteiger partial charge in [-0.3, -0.25) is 9.69 Å². The summed E-state index contributed by atoms with van der Waals surface area (Å²) in [5.74, 6) is -0.236. The van der Waals surface area contributed by atoms with Gasteiger partial charge in [-0.15, -0.1) is 0 Å². The molecule has 0 heterocycles. The standard InChI is InChI=1S/C14H21NO3/c1-11(16)9-15(2)10-13-7-5-4-6-12(13)8-14(17)18-3/h4-7,11,16H,8-10H2,1-3H3. The van der Waals surface area contributed by atoms with Crippen LogP contribution in [-0.4, -0.2) is 42.8 Å². The van der Waals surface area contributed by atoms with Crippen LogP contribution in [0.1, 0.15) is 18.1 Å². The maximum absolute atomic E-state index is 11.3. The van der Waals surface area contributed by atoms with Gasteiger partial charge in [0.1, 0.15) is 0 Å². The lowest BCUT2D eigenvalue weighted by Crippen LogP contribution is -2.27. The fraction of sp³-hybridized carbons (Fsp3) is 0.500. The normalized spacial score (nSPS) is 12.5. The SMILES string of the molecule is COC(=O)Cc1ccccc1CN(C)CC(C)O. The second kappa shape index (κ2) is 7.13. The largest absolute Gasteiger partial charge is 0.469 e. The van der Waals surface area contributed by atoms with Crippen molar-refractivity contribution in [2.45, 2.75) is 26.0 Å². The summed E-state index contributed by atoms with van der Waals surface area (Å²) in [6.45, 7) is 3.07. The van der Waals surface area contributed by atoms with Crippen LogP contribution in [0.5, 0.6) is 0 Å². The third-order valence-electron chi connectivity index (χ3n) is 2.70. The Morgan fingerprint density at radius 3 is 2.56 bits per heavy atom. The molecular weight excluding hydrogens is 230 g/mol. The number of hydrogen-bond donors (Lipinski definition) is 1. The van der Waals surface area contributed by atoms with E-state index in [1.807, 2.05) is 36.2 Å². The van der Waals surface area contributed by atoms with Gasteiger partial charge in [-0.1, -0.05) is 24.3 Å². The third kappa shape index (κ3) is 4.85. The van der Waals surface area contributed by atoms with Crippen molar-refractivity contribution in [1.82, 2.24) is 4.90 Å². The maximum atomic E-state index is 11.3. The molecule has 0 saturated heterocycles. The summed E-state index contributed by atoms with van der Waals surface area (Å²) < 4.78 is 4.69. The quantitative estimate of drug-likeness (QED) is 0.772. The minimum absolute atomic E-state index is 0.236. The Kier molecular flexibility index (Phi) is 5.82. The Hall–Kier alpha value is -1.39. The smallest absolute Gasteiger partial charge is 0.309 e. The molecule has 0 bridgehead atoms. The molecule has 0 aromatic heterocycles. The van der Waals surface area contributed by atoms with Gasteiger partial charge in [0.2, 0.25) is 0 Å². The van der Waals surface area contributed by atoms with Crippen molar-refractivity contribution in [3.8, 4) is 0 Å². The van der Waals surface area contributed by atoms with Crippen LogP contribution in [-0.2, 0) is 22.5 Å². The lowest BCUT2D eigenvalue weighted by molar-refractivity contribution is -0.139. The number of carbonyl (C=O) groups excluding carboxylic acids is 1. The van der Waals surface area contributed by atoms with Gasteiger partial charge in [0.25, 0.3) is 0 Å². The average molecular weight is 251 g/mol. The van der Waals surface area contributed by atoms with Gasteiger partial charge in [-0.05, 0) is 25.1 Å². The fourth-order valence-electron chi connectivity index (χ4n) is 1.92. The van der Waals surface area contributed by atoms with Crippen molar-refractivity contribution < 1.29 is 14.6 Å². The van der Waals surface area contributed by atoms with Crippen LogP contribution in [0.25, 0.3) is 0 Å². The lowest BCUT2D eigenvalue weighted by atomic mass is 10.0. The Bertz CT molecular complexity index is 390. The van der Waals surface area contributed by atoms with E-state index in [0.29, 0.717) is 13.1 Å². The van der Waals surface area contributed by atoms with Crippen LogP contribution in [0.15, 0.2) is 24.3 Å². The molecule has 1 unspecified atom stereocenters. The summed E-state index contributed by atoms with van der Waals surface area (Å²) in [5.41, 5.74) is 2.06. The number of esters is 1. The van der Waals surface area contributed by atoms with Gasteiger partial charge in [0.15, 0.2) is 0 Å². The van der Waals surface area contributed by atoms with E-state index in [0.717, 1.165) is 11.1 Å². The lowest BCUT2D eigenvalue weighted by Gasteiger charge is -2.20. The highest BCUT2D eigenvalue weighted by Gasteiger charge is 2.10. The second-order valence-electron chi connectivity index (χ2n) is 4.57. The van der Waals surface area contributed by atoms with Crippen molar-refractivity contribution >= 4 is 5.97 Å². The fourth-order valence-corrected chi connectivity index (χ4v) is 1.92. The molecule has 4 nitrogen and oxygen atoms in total. The molecule has 1 N–H and O–H groups in total. The first-order chi connectivity index (χ1) is 8.52. The molecule has 1 atom stereocenters. The molecule has 0 aliphatic rings. The van der Waals surface area contributed by atoms with Gasteiger partial charge >= 0.3 is 5.97 Å². The van der Waals surface area contributed by atoms with Crippen molar-refractivity contribution in [3.05, 3.63) is 35.4 Å². The Morgan fingerprint density at radius 2 is 2.00 bits per heavy atom. The van der Waals surface area contributed by atoms with E-state index < -0.39 is 0 Å². The van der Waals surface area contributed by atoms with Gasteiger partial charge < -0.3 is 9.84 Å². The third-order valence-corrected chi connectivity index (χ3v) is 2.70. The first kappa shape index (κ1) is 14.7. The number of aliphatic hydroxyl groups is 1. The Labute approximate surface area is 108 Å². The van der Waals surface area contributed by atoms with Crippen molar-refractivity contribution in [2.24, 2.45) is 0 Å². The van der Waals surface area contributed by atoms with Crippen LogP contribution in [0.3, 0.4) is 0 Å². The number of carbonyl (C=O) groups is 1. The van der Waals surface area contributed by atoms with Crippen LogP contribution in [0, 0.1) is 0 Å². The topological polar surface area (TPSA) is 49.8 Å². The van der Waals surface area contributed by atoms with Crippen molar-refractivity contribution in [1.29, 1.82) is 0 Å². The summed E-state index contributed by atoms with van der Waals surface area (Å²) in [7, 11) is 3.34. The highest BCUT2D eigenvalue weighted by atomic mass is 16.5. The molecule has 0 spiro atoms. The molecule has 1 aromatic carbocycles. The number of rotatable bonds is 6. The van der Waals surface area contributed by atoms with E-state index in [1.54, 1.807) is 6.92 Å². The number of likely N-dealkylation sites (N-methyl/N-ethyl adjacent to an activating group) is 1. The minimum Gasteiger partial charge on any atom is -0.469 e. The molecule has 1 aromatic rings. The maximum Gasteiger partial charge on any atom is 0.309 e. The number of hydrogen-bond acceptors (Lipinski definition) is 4. The zero-order chi connectivity index (χ0) is 13.5. The van der Waals surface area contributed by atoms with Gasteiger partial charge in [-0.2, -0.15) is 0 Å². The number of methoxy groups -OCH3 is 1. The predicted molar refractivity (Wildman–Crippen MR) is 70.2 cm³/mol. The predicted octanol–water partition coefficient (Wildman–Crippen LogP) is 1.21. The van der Waals surface area contributed by atoms with Crippen molar-refractivity contribution in [3.63, 3.8) is 0 Å². The van der Waals surface area contributed by atoms with E-state index >= 15 is 0 Å². The second-order valence-corrected chi connectivity index (χ2v) is 4.57. The summed E-state index contributed by atoms with van der Waals surface area (Å²) in [6.07, 6.45) is -0.0717. The summed E-state index contributed by atoms with van der Waals surface area (Å²) in [5, 5.41) is 9.34. The van der Waals surface area contributed by atoms with E-state index in [9.17, 15) is 9.90 Å². The first-order valence-corrected chi connectivity index (χ1v) is 6.03. The number of benzene rings is 1. The highest BCUT2D eigenvalue weighted by Crippen LogP contribution is 2.12. The van der Waals surface area contributed by atoms with E-state index in [4.69, 9.17) is 0 Å². The molecule has 0 aliphatic carbocycles. The Balaban J connectivity index is 2.72. The van der Waals surface area contributed by atoms with Crippen LogP contribution in [0.4, 0.5) is 0 Å². The molecule has 0 aliphatic heterocycles. The zero-order valence-electron chi connectivity index (χ0n) is 11.2. The van der Waals surface area contributed by atoms with Crippen LogP contribution >= 0.6 is 0 Å². The number of aliphatic hydroxyl groups excluding tert-OH is 1. The molecule has 0 fully saturated rings. The van der Waals surface area contributed by atoms with Crippen LogP contribution < -0.4 is 0 Å². The average Bonchev–Trinajstić information content (AvgIpc) is 2.30. The summed E-state index contributed by atoms with van der Waals surface area (Å²) in [6, 6.07) is 7.79. The summed E-state index contributed by atoms with van der Waals surface area (Å²) in [4.78, 5) is 13.3. The molecule has 1 rings (SSSR count). The van der Waals surface area contributed by atoms with E-state index in [1.165, 1.54) is 7.11 Å². The highest BCUT2D eigenvalue weighted by molar-refractivity contribution is 5.72. The van der Waals surface area contributed by atoms with Gasteiger partial charge in [-0.25, -0.2) is 0 Å². The van der Waals surface area contributed by atoms with Crippen LogP contribution in [0.2, 0.25) is 0 Å². The Morgan fingerprint density at radius 1 is 1.39 bits per heavy atom. The van der Waals surface area contributed by atoms with E-state index in [-0.39, 0.29) is 18.5 Å². The molecule has 0 radical (unpaired) electrons. The number of ether oxygens (including phenoxy) is 1. The summed E-state index contributed by atoms with van der Waals surface area (Å²) >= 11 is 0. The molecule has 18 heavy (non-hydrogen) atoms. The molecule has 100 valence electrons. The minimum atomic E-state index is -0.359. The molecule has 4 heteroatoms. The first-order valence-electron chi connectivity index (χ1n) is 6.03. The molecular formula is C14H21NO3. The van der Waals surface area contributed by atoms with Gasteiger partial charge in [0.05, 0.1) is 19.6 Å². The van der Waals surface area contributed by atoms with Gasteiger partial charge in [0, 0.05) is 13.1 Å². The van der Waals surface area contributed by atoms with E-state index in [2.05, 4.69) is 4.74 Å². The monoisotopic (exact) mass is 251 g/mol. The molecule has 0 saturated carbocycles. The zero-order valence-corrected chi connectivity index (χ0v) is 11.2. The van der Waals surface area contributed by atoms with Crippen molar-refractivity contribution in [2.75, 3.05) is 20.7 Å². The number of nitrogens with zero attached hydrogens (tertiary/aromatic N) is 1. The molecule has 0 amide bonds.